The number of benzene rings is 3. The maximum Gasteiger partial charge on any atom is 0.266 e. The van der Waals surface area contributed by atoms with Gasteiger partial charge in [-0.3, -0.25) is 14.4 Å². The molecule has 3 aromatic rings. The van der Waals surface area contributed by atoms with Crippen LogP contribution in [0.2, 0.25) is 5.02 Å². The molecule has 2 amide bonds. The van der Waals surface area contributed by atoms with Gasteiger partial charge in [-0.2, -0.15) is 0 Å². The standard InChI is InChI=1S/C24H18BrClN2O5/c1-32-17-9-7-15(8-10-17)27-23(30)20-21(18-12-13(25)2-11-19(18)29)28(33-22(20)24(27)31)16-5-3-14(26)4-6-16/h2-12,20-22,29H,1H3/t20-,21-,22-/m1/s1. The summed E-state index contributed by atoms with van der Waals surface area (Å²) >= 11 is 9.47. The van der Waals surface area contributed by atoms with E-state index in [2.05, 4.69) is 15.9 Å². The van der Waals surface area contributed by atoms with E-state index in [1.54, 1.807) is 67.8 Å². The Hall–Kier alpha value is -3.07. The third-order valence-corrected chi connectivity index (χ3v) is 6.58. The number of methoxy groups -OCH3 is 1. The van der Waals surface area contributed by atoms with E-state index < -0.39 is 29.9 Å². The molecule has 2 fully saturated rings. The number of carbonyl (C=O) groups excluding carboxylic acids is 2. The highest BCUT2D eigenvalue weighted by atomic mass is 79.9. The molecule has 2 aliphatic rings. The van der Waals surface area contributed by atoms with Crippen molar-refractivity contribution in [1.82, 2.24) is 0 Å². The lowest BCUT2D eigenvalue weighted by Crippen LogP contribution is -2.37. The predicted molar refractivity (Wildman–Crippen MR) is 126 cm³/mol. The van der Waals surface area contributed by atoms with Crippen molar-refractivity contribution in [3.05, 3.63) is 81.8 Å². The number of hydrogen-bond acceptors (Lipinski definition) is 6. The minimum absolute atomic E-state index is 0.00504. The van der Waals surface area contributed by atoms with Gasteiger partial charge < -0.3 is 9.84 Å². The van der Waals surface area contributed by atoms with E-state index in [1.807, 2.05) is 0 Å². The molecule has 3 atom stereocenters. The highest BCUT2D eigenvalue weighted by molar-refractivity contribution is 9.10. The topological polar surface area (TPSA) is 79.3 Å². The van der Waals surface area contributed by atoms with Gasteiger partial charge in [0.2, 0.25) is 5.91 Å². The average molecular weight is 530 g/mol. The van der Waals surface area contributed by atoms with E-state index in [0.717, 1.165) is 9.37 Å². The monoisotopic (exact) mass is 528 g/mol. The molecule has 0 saturated carbocycles. The van der Waals surface area contributed by atoms with Crippen molar-refractivity contribution in [1.29, 1.82) is 0 Å². The van der Waals surface area contributed by atoms with Crippen molar-refractivity contribution < 1.29 is 24.3 Å². The van der Waals surface area contributed by atoms with Crippen LogP contribution in [0.5, 0.6) is 11.5 Å². The Bertz CT molecular complexity index is 1230. The van der Waals surface area contributed by atoms with Crippen LogP contribution in [-0.4, -0.2) is 30.1 Å². The lowest BCUT2D eigenvalue weighted by Gasteiger charge is -2.29. The van der Waals surface area contributed by atoms with Gasteiger partial charge in [-0.05, 0) is 66.7 Å². The summed E-state index contributed by atoms with van der Waals surface area (Å²) in [6.07, 6.45) is -1.04. The van der Waals surface area contributed by atoms with Crippen LogP contribution in [0.1, 0.15) is 11.6 Å². The smallest absolute Gasteiger partial charge is 0.266 e. The number of fused-ring (bicyclic) bond motifs is 1. The number of halogens is 2. The van der Waals surface area contributed by atoms with Crippen LogP contribution in [0.4, 0.5) is 11.4 Å². The average Bonchev–Trinajstić information content (AvgIpc) is 3.32. The second kappa shape index (κ2) is 8.37. The molecule has 0 aromatic heterocycles. The summed E-state index contributed by atoms with van der Waals surface area (Å²) < 4.78 is 5.89. The Kier molecular flexibility index (Phi) is 5.52. The molecule has 2 heterocycles. The number of rotatable bonds is 4. The Balaban J connectivity index is 1.59. The van der Waals surface area contributed by atoms with Gasteiger partial charge in [-0.1, -0.05) is 27.5 Å². The molecule has 2 aliphatic heterocycles. The predicted octanol–water partition coefficient (Wildman–Crippen LogP) is 4.87. The Morgan fingerprint density at radius 2 is 1.64 bits per heavy atom. The summed E-state index contributed by atoms with van der Waals surface area (Å²) in [5.41, 5.74) is 1.50. The Labute approximate surface area is 203 Å². The van der Waals surface area contributed by atoms with Crippen molar-refractivity contribution in [3.63, 3.8) is 0 Å². The molecule has 0 spiro atoms. The van der Waals surface area contributed by atoms with E-state index >= 15 is 0 Å². The minimum Gasteiger partial charge on any atom is -0.508 e. The van der Waals surface area contributed by atoms with Crippen LogP contribution in [0.3, 0.4) is 0 Å². The third-order valence-electron chi connectivity index (χ3n) is 5.84. The third kappa shape index (κ3) is 3.64. The number of hydrogen-bond donors (Lipinski definition) is 1. The maximum atomic E-state index is 13.6. The fourth-order valence-electron chi connectivity index (χ4n) is 4.29. The van der Waals surface area contributed by atoms with Gasteiger partial charge >= 0.3 is 0 Å². The molecule has 0 aliphatic carbocycles. The number of nitrogens with zero attached hydrogens (tertiary/aromatic N) is 2. The second-order valence-electron chi connectivity index (χ2n) is 7.71. The first-order valence-electron chi connectivity index (χ1n) is 10.1. The highest BCUT2D eigenvalue weighted by Crippen LogP contribution is 2.49. The number of phenolic OH excluding ortho intramolecular Hbond substituents is 1. The molecule has 33 heavy (non-hydrogen) atoms. The van der Waals surface area contributed by atoms with Gasteiger partial charge in [0, 0.05) is 15.1 Å². The van der Waals surface area contributed by atoms with E-state index in [1.165, 1.54) is 11.1 Å². The number of amides is 2. The van der Waals surface area contributed by atoms with Gasteiger partial charge in [-0.25, -0.2) is 9.96 Å². The van der Waals surface area contributed by atoms with E-state index in [0.29, 0.717) is 27.7 Å². The zero-order valence-corrected chi connectivity index (χ0v) is 19.7. The summed E-state index contributed by atoms with van der Waals surface area (Å²) in [4.78, 5) is 34.2. The fraction of sp³-hybridized carbons (Fsp3) is 0.167. The van der Waals surface area contributed by atoms with Crippen molar-refractivity contribution in [3.8, 4) is 11.5 Å². The molecule has 0 unspecified atom stereocenters. The van der Waals surface area contributed by atoms with Crippen LogP contribution >= 0.6 is 27.5 Å². The Morgan fingerprint density at radius 3 is 2.30 bits per heavy atom. The normalized spacial score (nSPS) is 22.1. The van der Waals surface area contributed by atoms with Gasteiger partial charge in [0.1, 0.15) is 17.4 Å². The summed E-state index contributed by atoms with van der Waals surface area (Å²) in [5.74, 6) is -1.13. The zero-order chi connectivity index (χ0) is 23.3. The summed E-state index contributed by atoms with van der Waals surface area (Å²) in [5, 5.41) is 12.7. The molecule has 5 rings (SSSR count). The first-order chi connectivity index (χ1) is 15.9. The Morgan fingerprint density at radius 1 is 0.970 bits per heavy atom. The zero-order valence-electron chi connectivity index (χ0n) is 17.3. The lowest BCUT2D eigenvalue weighted by molar-refractivity contribution is -0.126. The largest absolute Gasteiger partial charge is 0.508 e. The van der Waals surface area contributed by atoms with Crippen molar-refractivity contribution >= 4 is 50.7 Å². The maximum absolute atomic E-state index is 13.6. The van der Waals surface area contributed by atoms with Gasteiger partial charge in [0.15, 0.2) is 6.10 Å². The number of anilines is 2. The molecule has 2 saturated heterocycles. The fourth-order valence-corrected chi connectivity index (χ4v) is 4.80. The van der Waals surface area contributed by atoms with Crippen LogP contribution in [0.25, 0.3) is 0 Å². The van der Waals surface area contributed by atoms with Crippen molar-refractivity contribution in [2.75, 3.05) is 17.1 Å². The van der Waals surface area contributed by atoms with Crippen LogP contribution in [0, 0.1) is 5.92 Å². The first kappa shape index (κ1) is 21.8. The first-order valence-corrected chi connectivity index (χ1v) is 11.3. The summed E-state index contributed by atoms with van der Waals surface area (Å²) in [6.45, 7) is 0. The molecular formula is C24H18BrClN2O5. The van der Waals surface area contributed by atoms with Gasteiger partial charge in [0.25, 0.3) is 5.91 Å². The van der Waals surface area contributed by atoms with Gasteiger partial charge in [0.05, 0.1) is 24.5 Å². The summed E-state index contributed by atoms with van der Waals surface area (Å²) in [6, 6.07) is 17.7. The number of aromatic hydroxyl groups is 1. The van der Waals surface area contributed by atoms with Crippen LogP contribution in [0.15, 0.2) is 71.2 Å². The van der Waals surface area contributed by atoms with E-state index in [4.69, 9.17) is 21.2 Å². The highest BCUT2D eigenvalue weighted by Gasteiger charge is 2.60. The lowest BCUT2D eigenvalue weighted by atomic mass is 9.90. The van der Waals surface area contributed by atoms with E-state index in [9.17, 15) is 14.7 Å². The van der Waals surface area contributed by atoms with Crippen LogP contribution in [-0.2, 0) is 14.4 Å². The number of carbonyl (C=O) groups is 2. The molecule has 3 aromatic carbocycles. The summed E-state index contributed by atoms with van der Waals surface area (Å²) in [7, 11) is 1.54. The number of ether oxygens (including phenoxy) is 1. The number of imide groups is 1. The van der Waals surface area contributed by atoms with E-state index in [-0.39, 0.29) is 5.75 Å². The minimum atomic E-state index is -1.04. The molecule has 7 nitrogen and oxygen atoms in total. The molecule has 1 N–H and O–H groups in total. The number of phenols is 1. The molecular weight excluding hydrogens is 512 g/mol. The van der Waals surface area contributed by atoms with Gasteiger partial charge in [-0.15, -0.1) is 0 Å². The van der Waals surface area contributed by atoms with Crippen molar-refractivity contribution in [2.24, 2.45) is 5.92 Å². The van der Waals surface area contributed by atoms with Crippen molar-refractivity contribution in [2.45, 2.75) is 12.1 Å². The SMILES string of the molecule is COc1ccc(N2C(=O)[C@@H]3[C@@H](c4cc(Br)ccc4O)N(c4ccc(Cl)cc4)O[C@H]3C2=O)cc1. The van der Waals surface area contributed by atoms with Crippen LogP contribution < -0.4 is 14.7 Å². The second-order valence-corrected chi connectivity index (χ2v) is 9.06. The molecule has 0 radical (unpaired) electrons. The quantitative estimate of drug-likeness (QED) is 0.486. The molecule has 0 bridgehead atoms. The molecule has 9 heteroatoms. The number of hydroxylamine groups is 1. The molecule has 168 valence electrons.